The zero-order valence-electron chi connectivity index (χ0n) is 9.93. The lowest BCUT2D eigenvalue weighted by Gasteiger charge is -2.05. The van der Waals surface area contributed by atoms with Crippen molar-refractivity contribution in [3.8, 4) is 0 Å². The number of benzene rings is 1. The molecule has 1 aromatic carbocycles. The van der Waals surface area contributed by atoms with E-state index in [0.29, 0.717) is 6.04 Å². The average Bonchev–Trinajstić information content (AvgIpc) is 3.19. The summed E-state index contributed by atoms with van der Waals surface area (Å²) in [5, 5.41) is 2.95. The van der Waals surface area contributed by atoms with Gasteiger partial charge in [0.05, 0.1) is 6.54 Å². The topological polar surface area (TPSA) is 64.6 Å². The van der Waals surface area contributed by atoms with Crippen LogP contribution in [0.5, 0.6) is 0 Å². The zero-order valence-corrected chi connectivity index (χ0v) is 9.93. The van der Waals surface area contributed by atoms with Crippen molar-refractivity contribution in [2.24, 2.45) is 0 Å². The minimum atomic E-state index is -0.957. The largest absolute Gasteiger partial charge is 0.516 e. The average molecular weight is 249 g/mol. The molecule has 1 aliphatic carbocycles. The molecule has 0 atom stereocenters. The van der Waals surface area contributed by atoms with E-state index in [0.717, 1.165) is 18.4 Å². The molecular weight excluding hydrogens is 234 g/mol. The number of hydrogen-bond donors (Lipinski definition) is 1. The quantitative estimate of drug-likeness (QED) is 0.634. The second-order valence-electron chi connectivity index (χ2n) is 4.15. The van der Waals surface area contributed by atoms with Crippen LogP contribution < -0.4 is 5.32 Å². The summed E-state index contributed by atoms with van der Waals surface area (Å²) in [5.41, 5.74) is 0.845. The minimum absolute atomic E-state index is 0.0467. The lowest BCUT2D eigenvalue weighted by atomic mass is 10.2. The monoisotopic (exact) mass is 249 g/mol. The zero-order chi connectivity index (χ0) is 12.8. The Bertz CT molecular complexity index is 414. The maximum absolute atomic E-state index is 11.2. The molecule has 0 saturated heterocycles. The molecule has 96 valence electrons. The van der Waals surface area contributed by atoms with Crippen LogP contribution >= 0.6 is 0 Å². The molecular formula is C13H15NO4. The van der Waals surface area contributed by atoms with Crippen molar-refractivity contribution in [3.63, 3.8) is 0 Å². The molecule has 0 spiro atoms. The summed E-state index contributed by atoms with van der Waals surface area (Å²) in [6, 6.07) is 9.60. The van der Waals surface area contributed by atoms with E-state index in [-0.39, 0.29) is 13.2 Å². The molecule has 0 radical (unpaired) electrons. The van der Waals surface area contributed by atoms with E-state index in [1.165, 1.54) is 0 Å². The highest BCUT2D eigenvalue weighted by Gasteiger charge is 2.22. The van der Waals surface area contributed by atoms with Gasteiger partial charge in [0, 0.05) is 6.04 Å². The molecule has 18 heavy (non-hydrogen) atoms. The molecule has 1 fully saturated rings. The van der Waals surface area contributed by atoms with Crippen LogP contribution in [0.3, 0.4) is 0 Å². The predicted octanol–water partition coefficient (Wildman–Crippen LogP) is 1.62. The maximum Gasteiger partial charge on any atom is 0.516 e. The van der Waals surface area contributed by atoms with Crippen molar-refractivity contribution in [2.75, 3.05) is 6.54 Å². The van der Waals surface area contributed by atoms with Crippen LogP contribution in [0.15, 0.2) is 30.3 Å². The maximum atomic E-state index is 11.2. The molecule has 0 heterocycles. The Morgan fingerprint density at radius 3 is 2.61 bits per heavy atom. The number of ether oxygens (including phenoxy) is 2. The highest BCUT2D eigenvalue weighted by atomic mass is 16.7. The van der Waals surface area contributed by atoms with Crippen LogP contribution in [0.25, 0.3) is 0 Å². The van der Waals surface area contributed by atoms with Gasteiger partial charge in [-0.3, -0.25) is 4.79 Å². The molecule has 0 unspecified atom stereocenters. The fourth-order valence-corrected chi connectivity index (χ4v) is 1.39. The lowest BCUT2D eigenvalue weighted by Crippen LogP contribution is -2.28. The summed E-state index contributed by atoms with van der Waals surface area (Å²) in [5.74, 6) is -0.611. The summed E-state index contributed by atoms with van der Waals surface area (Å²) < 4.78 is 9.30. The highest BCUT2D eigenvalue weighted by molar-refractivity contribution is 5.83. The molecule has 0 aromatic heterocycles. The molecule has 0 amide bonds. The summed E-state index contributed by atoms with van der Waals surface area (Å²) in [7, 11) is 0. The van der Waals surface area contributed by atoms with Gasteiger partial charge in [0.15, 0.2) is 0 Å². The van der Waals surface area contributed by atoms with Gasteiger partial charge in [0.2, 0.25) is 0 Å². The summed E-state index contributed by atoms with van der Waals surface area (Å²) >= 11 is 0. The van der Waals surface area contributed by atoms with Gasteiger partial charge >= 0.3 is 12.1 Å². The third-order valence-electron chi connectivity index (χ3n) is 2.51. The minimum Gasteiger partial charge on any atom is -0.429 e. The second kappa shape index (κ2) is 6.16. The standard InChI is InChI=1S/C13H15NO4/c15-12(8-14-11-6-7-11)18-13(16)17-9-10-4-2-1-3-5-10/h1-5,11,14H,6-9H2. The summed E-state index contributed by atoms with van der Waals surface area (Å²) in [6.07, 6.45) is 1.19. The van der Waals surface area contributed by atoms with Gasteiger partial charge in [-0.1, -0.05) is 30.3 Å². The van der Waals surface area contributed by atoms with Crippen LogP contribution in [0, 0.1) is 0 Å². The number of rotatable bonds is 5. The van der Waals surface area contributed by atoms with Crippen LogP contribution in [0.4, 0.5) is 4.79 Å². The Hall–Kier alpha value is -1.88. The number of nitrogens with one attached hydrogen (secondary N) is 1. The Morgan fingerprint density at radius 2 is 1.94 bits per heavy atom. The van der Waals surface area contributed by atoms with Gasteiger partial charge in [0.25, 0.3) is 0 Å². The Balaban J connectivity index is 1.63. The molecule has 2 rings (SSSR count). The van der Waals surface area contributed by atoms with E-state index in [2.05, 4.69) is 10.1 Å². The van der Waals surface area contributed by atoms with Gasteiger partial charge in [-0.05, 0) is 18.4 Å². The first-order valence-corrected chi connectivity index (χ1v) is 5.89. The van der Waals surface area contributed by atoms with E-state index >= 15 is 0 Å². The number of carbonyl (C=O) groups is 2. The third-order valence-corrected chi connectivity index (χ3v) is 2.51. The van der Waals surface area contributed by atoms with Crippen molar-refractivity contribution in [1.29, 1.82) is 0 Å². The first kappa shape index (κ1) is 12.6. The second-order valence-corrected chi connectivity index (χ2v) is 4.15. The third kappa shape index (κ3) is 4.55. The number of carbonyl (C=O) groups excluding carboxylic acids is 2. The van der Waals surface area contributed by atoms with Crippen LogP contribution in [0.1, 0.15) is 18.4 Å². The van der Waals surface area contributed by atoms with E-state index in [1.54, 1.807) is 0 Å². The van der Waals surface area contributed by atoms with Gasteiger partial charge in [-0.15, -0.1) is 0 Å². The van der Waals surface area contributed by atoms with Crippen molar-refractivity contribution in [1.82, 2.24) is 5.32 Å². The fourth-order valence-electron chi connectivity index (χ4n) is 1.39. The highest BCUT2D eigenvalue weighted by Crippen LogP contribution is 2.18. The normalized spacial score (nSPS) is 14.0. The van der Waals surface area contributed by atoms with Gasteiger partial charge in [-0.25, -0.2) is 4.79 Å². The number of esters is 1. The van der Waals surface area contributed by atoms with E-state index in [4.69, 9.17) is 4.74 Å². The fraction of sp³-hybridized carbons (Fsp3) is 0.385. The molecule has 1 saturated carbocycles. The molecule has 0 aliphatic heterocycles. The number of hydrogen-bond acceptors (Lipinski definition) is 5. The predicted molar refractivity (Wildman–Crippen MR) is 63.7 cm³/mol. The molecule has 1 aliphatic rings. The molecule has 0 bridgehead atoms. The lowest BCUT2D eigenvalue weighted by molar-refractivity contribution is -0.139. The van der Waals surface area contributed by atoms with Crippen molar-refractivity contribution >= 4 is 12.1 Å². The molecule has 5 heteroatoms. The SMILES string of the molecule is O=C(CNC1CC1)OC(=O)OCc1ccccc1. The van der Waals surface area contributed by atoms with Crippen LogP contribution in [-0.4, -0.2) is 24.7 Å². The summed E-state index contributed by atoms with van der Waals surface area (Å²) in [4.78, 5) is 22.4. The van der Waals surface area contributed by atoms with E-state index < -0.39 is 12.1 Å². The van der Waals surface area contributed by atoms with Crippen LogP contribution in [0.2, 0.25) is 0 Å². The van der Waals surface area contributed by atoms with E-state index in [1.807, 2.05) is 30.3 Å². The van der Waals surface area contributed by atoms with Gasteiger partial charge < -0.3 is 14.8 Å². The Kier molecular flexibility index (Phi) is 4.30. The van der Waals surface area contributed by atoms with E-state index in [9.17, 15) is 9.59 Å². The van der Waals surface area contributed by atoms with Crippen molar-refractivity contribution < 1.29 is 19.1 Å². The first-order valence-electron chi connectivity index (χ1n) is 5.89. The van der Waals surface area contributed by atoms with Crippen molar-refractivity contribution in [2.45, 2.75) is 25.5 Å². The van der Waals surface area contributed by atoms with Crippen LogP contribution in [-0.2, 0) is 20.9 Å². The molecule has 1 aromatic rings. The Labute approximate surface area is 105 Å². The smallest absolute Gasteiger partial charge is 0.429 e. The molecule has 1 N–H and O–H groups in total. The Morgan fingerprint density at radius 1 is 1.22 bits per heavy atom. The summed E-state index contributed by atoms with van der Waals surface area (Å²) in [6.45, 7) is 0.147. The van der Waals surface area contributed by atoms with Gasteiger partial charge in [0.1, 0.15) is 6.61 Å². The van der Waals surface area contributed by atoms with Gasteiger partial charge in [-0.2, -0.15) is 0 Å². The molecule has 5 nitrogen and oxygen atoms in total. The van der Waals surface area contributed by atoms with Crippen molar-refractivity contribution in [3.05, 3.63) is 35.9 Å². The first-order chi connectivity index (χ1) is 8.74.